The summed E-state index contributed by atoms with van der Waals surface area (Å²) in [7, 11) is 0. The van der Waals surface area contributed by atoms with E-state index in [9.17, 15) is 9.90 Å². The van der Waals surface area contributed by atoms with Gasteiger partial charge in [-0.15, -0.1) is 0 Å². The van der Waals surface area contributed by atoms with Crippen LogP contribution in [0.15, 0.2) is 24.3 Å². The number of rotatable bonds is 2. The molecule has 1 fully saturated rings. The van der Waals surface area contributed by atoms with E-state index in [0.717, 1.165) is 5.56 Å². The molecule has 0 bridgehead atoms. The third-order valence-corrected chi connectivity index (χ3v) is 3.56. The molecule has 0 saturated carbocycles. The summed E-state index contributed by atoms with van der Waals surface area (Å²) in [5.74, 6) is 0.197. The average molecular weight is 233 g/mol. The minimum absolute atomic E-state index is 0.0130. The lowest BCUT2D eigenvalue weighted by molar-refractivity contribution is -0.110. The van der Waals surface area contributed by atoms with E-state index >= 15 is 0 Å². The molecule has 1 aromatic rings. The molecule has 0 atom stereocenters. The molecule has 0 aromatic heterocycles. The van der Waals surface area contributed by atoms with Crippen molar-refractivity contribution in [2.24, 2.45) is 5.92 Å². The van der Waals surface area contributed by atoms with Gasteiger partial charge in [0, 0.05) is 5.56 Å². The highest BCUT2D eigenvalue weighted by atomic mass is 16.3. The highest BCUT2D eigenvalue weighted by Gasteiger charge is 2.45. The second-order valence-electron chi connectivity index (χ2n) is 5.29. The second-order valence-corrected chi connectivity index (χ2v) is 5.29. The maximum Gasteiger partial charge on any atom is 0.254 e. The number of nitrogens with zero attached hydrogens (tertiary/aromatic N) is 1. The van der Waals surface area contributed by atoms with E-state index in [4.69, 9.17) is 0 Å². The van der Waals surface area contributed by atoms with Crippen molar-refractivity contribution < 1.29 is 9.90 Å². The molecule has 0 unspecified atom stereocenters. The van der Waals surface area contributed by atoms with Crippen LogP contribution in [0.25, 0.3) is 0 Å². The van der Waals surface area contributed by atoms with Crippen molar-refractivity contribution in [1.29, 1.82) is 0 Å². The zero-order valence-corrected chi connectivity index (χ0v) is 10.6. The van der Waals surface area contributed by atoms with Gasteiger partial charge in [-0.3, -0.25) is 4.79 Å². The Balaban J connectivity index is 2.05. The molecule has 0 spiro atoms. The number of benzene rings is 1. The SMILES string of the molecule is Cc1cccc(C(=O)N2CC(O)(C(C)C)C2)c1. The van der Waals surface area contributed by atoms with E-state index < -0.39 is 5.60 Å². The van der Waals surface area contributed by atoms with Gasteiger partial charge >= 0.3 is 0 Å². The van der Waals surface area contributed by atoms with Crippen molar-refractivity contribution in [2.45, 2.75) is 26.4 Å². The van der Waals surface area contributed by atoms with Crippen molar-refractivity contribution >= 4 is 5.91 Å². The van der Waals surface area contributed by atoms with Crippen LogP contribution in [-0.2, 0) is 0 Å². The Labute approximate surface area is 102 Å². The van der Waals surface area contributed by atoms with Crippen LogP contribution >= 0.6 is 0 Å². The van der Waals surface area contributed by atoms with Crippen molar-refractivity contribution in [3.05, 3.63) is 35.4 Å². The summed E-state index contributed by atoms with van der Waals surface area (Å²) < 4.78 is 0. The summed E-state index contributed by atoms with van der Waals surface area (Å²) in [5.41, 5.74) is 1.09. The lowest BCUT2D eigenvalue weighted by Crippen LogP contribution is -2.65. The van der Waals surface area contributed by atoms with E-state index in [1.165, 1.54) is 0 Å². The van der Waals surface area contributed by atoms with Crippen LogP contribution in [0.1, 0.15) is 29.8 Å². The number of likely N-dealkylation sites (tertiary alicyclic amines) is 1. The summed E-state index contributed by atoms with van der Waals surface area (Å²) in [6, 6.07) is 7.56. The molecule has 0 radical (unpaired) electrons. The lowest BCUT2D eigenvalue weighted by Gasteiger charge is -2.49. The van der Waals surface area contributed by atoms with E-state index in [0.29, 0.717) is 18.7 Å². The van der Waals surface area contributed by atoms with E-state index in [1.54, 1.807) is 4.90 Å². The first-order valence-electron chi connectivity index (χ1n) is 6.01. The van der Waals surface area contributed by atoms with Gasteiger partial charge in [0.15, 0.2) is 0 Å². The van der Waals surface area contributed by atoms with Crippen LogP contribution in [0.3, 0.4) is 0 Å². The molecule has 0 aliphatic carbocycles. The van der Waals surface area contributed by atoms with Crippen LogP contribution in [0.2, 0.25) is 0 Å². The Bertz CT molecular complexity index is 434. The summed E-state index contributed by atoms with van der Waals surface area (Å²) in [5, 5.41) is 10.1. The zero-order valence-electron chi connectivity index (χ0n) is 10.6. The molecule has 92 valence electrons. The van der Waals surface area contributed by atoms with Crippen molar-refractivity contribution in [1.82, 2.24) is 4.90 Å². The van der Waals surface area contributed by atoms with Gasteiger partial charge in [0.05, 0.1) is 13.1 Å². The monoisotopic (exact) mass is 233 g/mol. The van der Waals surface area contributed by atoms with Crippen molar-refractivity contribution in [3.63, 3.8) is 0 Å². The molecule has 1 N–H and O–H groups in total. The first kappa shape index (κ1) is 12.1. The Hall–Kier alpha value is -1.35. The van der Waals surface area contributed by atoms with Gasteiger partial charge in [-0.1, -0.05) is 31.5 Å². The predicted octanol–water partition coefficient (Wildman–Crippen LogP) is 1.84. The zero-order chi connectivity index (χ0) is 12.6. The Morgan fingerprint density at radius 1 is 1.41 bits per heavy atom. The molecular formula is C14H19NO2. The van der Waals surface area contributed by atoms with Crippen LogP contribution < -0.4 is 0 Å². The van der Waals surface area contributed by atoms with E-state index in [2.05, 4.69) is 0 Å². The fourth-order valence-corrected chi connectivity index (χ4v) is 2.08. The number of hydrogen-bond donors (Lipinski definition) is 1. The molecule has 17 heavy (non-hydrogen) atoms. The van der Waals surface area contributed by atoms with Crippen LogP contribution in [0.4, 0.5) is 0 Å². The van der Waals surface area contributed by atoms with Crippen molar-refractivity contribution in [2.75, 3.05) is 13.1 Å². The summed E-state index contributed by atoms with van der Waals surface area (Å²) in [6.07, 6.45) is 0. The van der Waals surface area contributed by atoms with E-state index in [-0.39, 0.29) is 11.8 Å². The quantitative estimate of drug-likeness (QED) is 0.846. The third-order valence-electron chi connectivity index (χ3n) is 3.56. The highest BCUT2D eigenvalue weighted by Crippen LogP contribution is 2.29. The van der Waals surface area contributed by atoms with Gasteiger partial charge in [-0.25, -0.2) is 0 Å². The summed E-state index contributed by atoms with van der Waals surface area (Å²) in [4.78, 5) is 13.8. The van der Waals surface area contributed by atoms with Gasteiger partial charge in [-0.2, -0.15) is 0 Å². The number of hydrogen-bond acceptors (Lipinski definition) is 2. The molecule has 3 nitrogen and oxygen atoms in total. The lowest BCUT2D eigenvalue weighted by atomic mass is 9.82. The van der Waals surface area contributed by atoms with Gasteiger partial charge in [0.25, 0.3) is 5.91 Å². The average Bonchev–Trinajstić information content (AvgIpc) is 2.23. The first-order valence-corrected chi connectivity index (χ1v) is 6.01. The number of carbonyl (C=O) groups excluding carboxylic acids is 1. The van der Waals surface area contributed by atoms with Crippen LogP contribution in [-0.4, -0.2) is 34.6 Å². The molecular weight excluding hydrogens is 214 g/mol. The molecule has 2 rings (SSSR count). The minimum Gasteiger partial charge on any atom is -0.386 e. The maximum atomic E-state index is 12.1. The van der Waals surface area contributed by atoms with E-state index in [1.807, 2.05) is 45.0 Å². The smallest absolute Gasteiger partial charge is 0.254 e. The highest BCUT2D eigenvalue weighted by molar-refractivity contribution is 5.95. The largest absolute Gasteiger partial charge is 0.386 e. The molecule has 1 amide bonds. The number of carbonyl (C=O) groups is 1. The Kier molecular flexibility index (Phi) is 2.96. The predicted molar refractivity (Wildman–Crippen MR) is 66.9 cm³/mol. The topological polar surface area (TPSA) is 40.5 Å². The number of amides is 1. The second kappa shape index (κ2) is 4.15. The molecule has 1 aliphatic heterocycles. The first-order chi connectivity index (χ1) is 7.92. The van der Waals surface area contributed by atoms with Gasteiger partial charge in [0.1, 0.15) is 5.60 Å². The number of aryl methyl sites for hydroxylation is 1. The minimum atomic E-state index is -0.695. The summed E-state index contributed by atoms with van der Waals surface area (Å²) in [6.45, 7) is 6.81. The molecule has 1 heterocycles. The number of β-amino-alcohol motifs (C(OH)–C–C–N with tert-alkyl or cyclic N) is 1. The normalized spacial score (nSPS) is 18.1. The third kappa shape index (κ3) is 2.20. The van der Waals surface area contributed by atoms with Gasteiger partial charge in [0.2, 0.25) is 0 Å². The van der Waals surface area contributed by atoms with Crippen LogP contribution in [0.5, 0.6) is 0 Å². The van der Waals surface area contributed by atoms with Crippen LogP contribution in [0, 0.1) is 12.8 Å². The van der Waals surface area contributed by atoms with Gasteiger partial charge in [-0.05, 0) is 25.0 Å². The molecule has 3 heteroatoms. The van der Waals surface area contributed by atoms with Gasteiger partial charge < -0.3 is 10.0 Å². The maximum absolute atomic E-state index is 12.1. The van der Waals surface area contributed by atoms with Crippen molar-refractivity contribution in [3.8, 4) is 0 Å². The molecule has 1 aliphatic rings. The standard InChI is InChI=1S/C14H19NO2/c1-10(2)14(17)8-15(9-14)13(16)12-6-4-5-11(3)7-12/h4-7,10,17H,8-9H2,1-3H3. The fraction of sp³-hybridized carbons (Fsp3) is 0.500. The Morgan fingerprint density at radius 3 is 2.59 bits per heavy atom. The summed E-state index contributed by atoms with van der Waals surface area (Å²) >= 11 is 0. The number of aliphatic hydroxyl groups is 1. The Morgan fingerprint density at radius 2 is 2.06 bits per heavy atom. The molecule has 1 aromatic carbocycles. The fourth-order valence-electron chi connectivity index (χ4n) is 2.08. The molecule has 1 saturated heterocycles.